The number of aromatic nitrogens is 2. The number of rotatable bonds is 4. The molecule has 1 heterocycles. The van der Waals surface area contributed by atoms with Crippen molar-refractivity contribution < 1.29 is 4.39 Å². The largest absolute Gasteiger partial charge is 0.283 e. The summed E-state index contributed by atoms with van der Waals surface area (Å²) in [6.07, 6.45) is 3.37. The smallest absolute Gasteiger partial charge is 0.123 e. The van der Waals surface area contributed by atoms with E-state index >= 15 is 0 Å². The van der Waals surface area contributed by atoms with E-state index in [0.717, 1.165) is 12.1 Å². The van der Waals surface area contributed by atoms with E-state index in [0.29, 0.717) is 11.7 Å². The lowest BCUT2D eigenvalue weighted by molar-refractivity contribution is 0.246. The van der Waals surface area contributed by atoms with Gasteiger partial charge >= 0.3 is 0 Å². The number of hydrogen-bond acceptors (Lipinski definition) is 2. The van der Waals surface area contributed by atoms with E-state index in [-0.39, 0.29) is 5.82 Å². The van der Waals surface area contributed by atoms with Gasteiger partial charge in [0.2, 0.25) is 0 Å². The van der Waals surface area contributed by atoms with E-state index in [2.05, 4.69) is 10.00 Å². The van der Waals surface area contributed by atoms with Crippen LogP contribution in [-0.4, -0.2) is 21.7 Å². The Morgan fingerprint density at radius 3 is 2.65 bits per heavy atom. The lowest BCUT2D eigenvalue weighted by atomic mass is 10.2. The summed E-state index contributed by atoms with van der Waals surface area (Å²) in [5.41, 5.74) is 1.06. The summed E-state index contributed by atoms with van der Waals surface area (Å²) in [5, 5.41) is 4.72. The van der Waals surface area contributed by atoms with Crippen LogP contribution in [0.25, 0.3) is 0 Å². The van der Waals surface area contributed by atoms with Crippen LogP contribution in [0.5, 0.6) is 0 Å². The van der Waals surface area contributed by atoms with Crippen LogP contribution in [0.3, 0.4) is 0 Å². The van der Waals surface area contributed by atoms with Crippen LogP contribution in [0.4, 0.5) is 4.39 Å². The highest BCUT2D eigenvalue weighted by atomic mass is 35.5. The summed E-state index contributed by atoms with van der Waals surface area (Å²) in [6.45, 7) is 1.38. The van der Waals surface area contributed by atoms with E-state index in [1.54, 1.807) is 29.2 Å². The predicted molar refractivity (Wildman–Crippen MR) is 65.1 cm³/mol. The Hall–Kier alpha value is -1.39. The fourth-order valence-electron chi connectivity index (χ4n) is 1.61. The number of nitrogens with zero attached hydrogens (tertiary/aromatic N) is 3. The summed E-state index contributed by atoms with van der Waals surface area (Å²) in [4.78, 5) is 2.07. The highest BCUT2D eigenvalue weighted by Crippen LogP contribution is 2.08. The molecule has 0 N–H and O–H groups in total. The Morgan fingerprint density at radius 1 is 1.35 bits per heavy atom. The minimum Gasteiger partial charge on any atom is -0.283 e. The molecule has 0 atom stereocenters. The van der Waals surface area contributed by atoms with E-state index in [1.165, 1.54) is 12.1 Å². The maximum atomic E-state index is 12.7. The topological polar surface area (TPSA) is 21.1 Å². The molecule has 3 nitrogen and oxygen atoms in total. The first-order chi connectivity index (χ1) is 8.13. The average molecular weight is 254 g/mol. The molecule has 5 heteroatoms. The summed E-state index contributed by atoms with van der Waals surface area (Å²) >= 11 is 5.78. The zero-order chi connectivity index (χ0) is 12.3. The molecule has 0 aliphatic heterocycles. The Morgan fingerprint density at radius 2 is 2.06 bits per heavy atom. The minimum atomic E-state index is -0.213. The third-order valence-corrected chi connectivity index (χ3v) is 2.55. The first kappa shape index (κ1) is 12.1. The molecule has 0 fully saturated rings. The first-order valence-electron chi connectivity index (χ1n) is 5.24. The van der Waals surface area contributed by atoms with Crippen molar-refractivity contribution in [3.05, 3.63) is 53.1 Å². The molecule has 2 rings (SSSR count). The van der Waals surface area contributed by atoms with E-state index in [9.17, 15) is 4.39 Å². The van der Waals surface area contributed by atoms with Crippen LogP contribution in [0, 0.1) is 5.82 Å². The van der Waals surface area contributed by atoms with Crippen LogP contribution in [0.2, 0.25) is 5.02 Å². The highest BCUT2D eigenvalue weighted by molar-refractivity contribution is 6.30. The molecule has 0 amide bonds. The Balaban J connectivity index is 1.93. The third kappa shape index (κ3) is 3.54. The van der Waals surface area contributed by atoms with Crippen molar-refractivity contribution in [3.63, 3.8) is 0 Å². The SMILES string of the molecule is CN(Cc1ccc(F)cc1)Cn1cc(Cl)cn1. The van der Waals surface area contributed by atoms with Crippen LogP contribution in [0.15, 0.2) is 36.7 Å². The second kappa shape index (κ2) is 5.29. The molecule has 0 saturated carbocycles. The van der Waals surface area contributed by atoms with Gasteiger partial charge in [0.15, 0.2) is 0 Å². The molecule has 0 aliphatic carbocycles. The van der Waals surface area contributed by atoms with Gasteiger partial charge in [-0.1, -0.05) is 23.7 Å². The maximum absolute atomic E-state index is 12.7. The van der Waals surface area contributed by atoms with Gasteiger partial charge in [-0.3, -0.25) is 9.58 Å². The normalized spacial score (nSPS) is 11.1. The number of benzene rings is 1. The van der Waals surface area contributed by atoms with Crippen molar-refractivity contribution in [2.24, 2.45) is 0 Å². The van der Waals surface area contributed by atoms with E-state index in [4.69, 9.17) is 11.6 Å². The zero-order valence-corrected chi connectivity index (χ0v) is 10.2. The van der Waals surface area contributed by atoms with Gasteiger partial charge in [0.25, 0.3) is 0 Å². The summed E-state index contributed by atoms with van der Waals surface area (Å²) in [5.74, 6) is -0.213. The fourth-order valence-corrected chi connectivity index (χ4v) is 1.77. The molecule has 0 aliphatic rings. The quantitative estimate of drug-likeness (QED) is 0.836. The second-order valence-corrected chi connectivity index (χ2v) is 4.42. The maximum Gasteiger partial charge on any atom is 0.123 e. The summed E-state index contributed by atoms with van der Waals surface area (Å²) in [6, 6.07) is 6.49. The van der Waals surface area contributed by atoms with Crippen molar-refractivity contribution in [2.45, 2.75) is 13.2 Å². The predicted octanol–water partition coefficient (Wildman–Crippen LogP) is 2.77. The van der Waals surface area contributed by atoms with E-state index in [1.807, 2.05) is 7.05 Å². The standard InChI is InChI=1S/C12H13ClFN3/c1-16(9-17-8-11(13)6-15-17)7-10-2-4-12(14)5-3-10/h2-6,8H,7,9H2,1H3. The molecule has 0 saturated heterocycles. The molecular weight excluding hydrogens is 241 g/mol. The molecular formula is C12H13ClFN3. The van der Waals surface area contributed by atoms with Crippen molar-refractivity contribution in [3.8, 4) is 0 Å². The van der Waals surface area contributed by atoms with Gasteiger partial charge in [-0.05, 0) is 24.7 Å². The molecule has 0 bridgehead atoms. The lowest BCUT2D eigenvalue weighted by Crippen LogP contribution is -2.21. The summed E-state index contributed by atoms with van der Waals surface area (Å²) < 4.78 is 14.5. The average Bonchev–Trinajstić information content (AvgIpc) is 2.67. The monoisotopic (exact) mass is 253 g/mol. The van der Waals surface area contributed by atoms with E-state index < -0.39 is 0 Å². The van der Waals surface area contributed by atoms with Crippen LogP contribution >= 0.6 is 11.6 Å². The Bertz CT molecular complexity index is 481. The zero-order valence-electron chi connectivity index (χ0n) is 9.48. The number of halogens is 2. The molecule has 0 radical (unpaired) electrons. The number of hydrogen-bond donors (Lipinski definition) is 0. The first-order valence-corrected chi connectivity index (χ1v) is 5.62. The van der Waals surface area contributed by atoms with Crippen molar-refractivity contribution in [1.82, 2.24) is 14.7 Å². The molecule has 0 unspecified atom stereocenters. The van der Waals surface area contributed by atoms with Gasteiger partial charge in [-0.25, -0.2) is 4.39 Å². The van der Waals surface area contributed by atoms with Crippen molar-refractivity contribution in [2.75, 3.05) is 7.05 Å². The molecule has 1 aromatic carbocycles. The summed E-state index contributed by atoms with van der Waals surface area (Å²) in [7, 11) is 1.97. The van der Waals surface area contributed by atoms with Gasteiger partial charge < -0.3 is 0 Å². The van der Waals surface area contributed by atoms with Gasteiger partial charge in [-0.2, -0.15) is 5.10 Å². The van der Waals surface area contributed by atoms with Gasteiger partial charge in [0.1, 0.15) is 5.82 Å². The third-order valence-electron chi connectivity index (χ3n) is 2.35. The Labute approximate surface area is 104 Å². The molecule has 90 valence electrons. The minimum absolute atomic E-state index is 0.213. The van der Waals surface area contributed by atoms with Crippen molar-refractivity contribution >= 4 is 11.6 Å². The second-order valence-electron chi connectivity index (χ2n) is 3.98. The Kier molecular flexibility index (Phi) is 3.76. The van der Waals surface area contributed by atoms with Gasteiger partial charge in [-0.15, -0.1) is 0 Å². The van der Waals surface area contributed by atoms with Crippen LogP contribution < -0.4 is 0 Å². The van der Waals surface area contributed by atoms with Crippen LogP contribution in [0.1, 0.15) is 5.56 Å². The molecule has 17 heavy (non-hydrogen) atoms. The lowest BCUT2D eigenvalue weighted by Gasteiger charge is -2.16. The van der Waals surface area contributed by atoms with Crippen molar-refractivity contribution in [1.29, 1.82) is 0 Å². The highest BCUT2D eigenvalue weighted by Gasteiger charge is 2.02. The molecule has 0 spiro atoms. The molecule has 2 aromatic rings. The van der Waals surface area contributed by atoms with Gasteiger partial charge in [0.05, 0.1) is 17.9 Å². The van der Waals surface area contributed by atoms with Gasteiger partial charge in [0, 0.05) is 12.7 Å². The molecule has 1 aromatic heterocycles. The fraction of sp³-hybridized carbons (Fsp3) is 0.250. The van der Waals surface area contributed by atoms with Crippen LogP contribution in [-0.2, 0) is 13.2 Å².